The van der Waals surface area contributed by atoms with E-state index in [0.717, 1.165) is 41.2 Å². The Hall–Kier alpha value is -1.13. The predicted molar refractivity (Wildman–Crippen MR) is 87.5 cm³/mol. The largest absolute Gasteiger partial charge is 0.326 e. The van der Waals surface area contributed by atoms with Crippen molar-refractivity contribution in [3.63, 3.8) is 0 Å². The molecule has 1 aromatic heterocycles. The third-order valence-electron chi connectivity index (χ3n) is 3.94. The maximum absolute atomic E-state index is 6.42. The summed E-state index contributed by atoms with van der Waals surface area (Å²) < 4.78 is 0. The fourth-order valence-corrected chi connectivity index (χ4v) is 3.50. The molecule has 1 aliphatic heterocycles. The molecule has 0 atom stereocenters. The molecule has 3 rings (SSSR count). The van der Waals surface area contributed by atoms with Gasteiger partial charge in [-0.2, -0.15) is 0 Å². The SMILES string of the molecule is Cc1nc2c(c(-c3ccc(Cl)cc3Cl)c1CN)CN(C)C2. The van der Waals surface area contributed by atoms with E-state index in [-0.39, 0.29) is 0 Å². The van der Waals surface area contributed by atoms with E-state index in [9.17, 15) is 0 Å². The molecule has 0 bridgehead atoms. The first kappa shape index (κ1) is 14.8. The van der Waals surface area contributed by atoms with Crippen LogP contribution in [0.4, 0.5) is 0 Å². The van der Waals surface area contributed by atoms with Gasteiger partial charge >= 0.3 is 0 Å². The van der Waals surface area contributed by atoms with Crippen LogP contribution in [0, 0.1) is 6.92 Å². The molecule has 110 valence electrons. The van der Waals surface area contributed by atoms with Gasteiger partial charge in [0.25, 0.3) is 0 Å². The third-order valence-corrected chi connectivity index (χ3v) is 4.49. The molecule has 0 saturated carbocycles. The van der Waals surface area contributed by atoms with E-state index in [2.05, 4.69) is 11.9 Å². The number of hydrogen-bond acceptors (Lipinski definition) is 3. The Kier molecular flexibility index (Phi) is 3.93. The van der Waals surface area contributed by atoms with E-state index >= 15 is 0 Å². The van der Waals surface area contributed by atoms with Gasteiger partial charge in [0, 0.05) is 40.9 Å². The molecule has 0 amide bonds. The molecule has 0 saturated heterocycles. The van der Waals surface area contributed by atoms with E-state index in [1.165, 1.54) is 5.56 Å². The van der Waals surface area contributed by atoms with Gasteiger partial charge in [0.05, 0.1) is 5.69 Å². The van der Waals surface area contributed by atoms with Crippen LogP contribution in [0.2, 0.25) is 10.0 Å². The second-order valence-corrected chi connectivity index (χ2v) is 6.32. The van der Waals surface area contributed by atoms with Gasteiger partial charge in [-0.15, -0.1) is 0 Å². The van der Waals surface area contributed by atoms with Crippen LogP contribution < -0.4 is 5.73 Å². The van der Waals surface area contributed by atoms with Crippen LogP contribution in [0.25, 0.3) is 11.1 Å². The maximum Gasteiger partial charge on any atom is 0.0598 e. The topological polar surface area (TPSA) is 42.1 Å². The van der Waals surface area contributed by atoms with E-state index in [4.69, 9.17) is 33.9 Å². The lowest BCUT2D eigenvalue weighted by atomic mass is 9.93. The van der Waals surface area contributed by atoms with Crippen molar-refractivity contribution in [2.45, 2.75) is 26.6 Å². The fourth-order valence-electron chi connectivity index (χ4n) is 2.99. The summed E-state index contributed by atoms with van der Waals surface area (Å²) in [5.74, 6) is 0. The van der Waals surface area contributed by atoms with Gasteiger partial charge in [-0.3, -0.25) is 9.88 Å². The molecule has 21 heavy (non-hydrogen) atoms. The number of benzene rings is 1. The molecule has 0 unspecified atom stereocenters. The number of aromatic nitrogens is 1. The Morgan fingerprint density at radius 1 is 1.29 bits per heavy atom. The summed E-state index contributed by atoms with van der Waals surface area (Å²) in [5, 5.41) is 1.29. The highest BCUT2D eigenvalue weighted by molar-refractivity contribution is 6.36. The van der Waals surface area contributed by atoms with Crippen molar-refractivity contribution < 1.29 is 0 Å². The number of halogens is 2. The summed E-state index contributed by atoms with van der Waals surface area (Å²) >= 11 is 12.4. The number of nitrogens with zero attached hydrogens (tertiary/aromatic N) is 2. The first-order chi connectivity index (χ1) is 10.0. The first-order valence-electron chi connectivity index (χ1n) is 6.86. The number of hydrogen-bond donors (Lipinski definition) is 1. The summed E-state index contributed by atoms with van der Waals surface area (Å²) in [6, 6.07) is 5.61. The molecule has 2 aromatic rings. The molecule has 0 radical (unpaired) electrons. The normalized spacial score (nSPS) is 14.5. The lowest BCUT2D eigenvalue weighted by molar-refractivity contribution is 0.351. The lowest BCUT2D eigenvalue weighted by Gasteiger charge is -2.17. The molecule has 2 N–H and O–H groups in total. The van der Waals surface area contributed by atoms with Crippen LogP contribution >= 0.6 is 23.2 Å². The molecular weight excluding hydrogens is 305 g/mol. The quantitative estimate of drug-likeness (QED) is 0.915. The molecule has 5 heteroatoms. The second-order valence-electron chi connectivity index (χ2n) is 5.48. The van der Waals surface area contributed by atoms with Crippen LogP contribution in [0.5, 0.6) is 0 Å². The van der Waals surface area contributed by atoms with Crippen molar-refractivity contribution in [2.24, 2.45) is 5.73 Å². The Morgan fingerprint density at radius 2 is 2.05 bits per heavy atom. The van der Waals surface area contributed by atoms with E-state index in [1.54, 1.807) is 6.07 Å². The highest BCUT2D eigenvalue weighted by atomic mass is 35.5. The fraction of sp³-hybridized carbons (Fsp3) is 0.312. The monoisotopic (exact) mass is 321 g/mol. The van der Waals surface area contributed by atoms with Crippen molar-refractivity contribution in [1.29, 1.82) is 0 Å². The maximum atomic E-state index is 6.42. The Bertz CT molecular complexity index is 713. The molecular formula is C16H17Cl2N3. The summed E-state index contributed by atoms with van der Waals surface area (Å²) in [6.07, 6.45) is 0. The smallest absolute Gasteiger partial charge is 0.0598 e. The zero-order valence-corrected chi connectivity index (χ0v) is 13.6. The number of aryl methyl sites for hydroxylation is 1. The zero-order chi connectivity index (χ0) is 15.1. The predicted octanol–water partition coefficient (Wildman–Crippen LogP) is 3.77. The van der Waals surface area contributed by atoms with Crippen LogP contribution in [0.15, 0.2) is 18.2 Å². The second kappa shape index (κ2) is 5.58. The minimum Gasteiger partial charge on any atom is -0.326 e. The Balaban J connectivity index is 2.30. The average Bonchev–Trinajstić information content (AvgIpc) is 2.77. The van der Waals surface area contributed by atoms with Gasteiger partial charge in [-0.05, 0) is 42.8 Å². The van der Waals surface area contributed by atoms with Crippen molar-refractivity contribution in [1.82, 2.24) is 9.88 Å². The molecule has 0 fully saturated rings. The molecule has 1 aliphatic rings. The van der Waals surface area contributed by atoms with Gasteiger partial charge in [-0.1, -0.05) is 29.3 Å². The van der Waals surface area contributed by atoms with Gasteiger partial charge in [0.15, 0.2) is 0 Å². The van der Waals surface area contributed by atoms with Crippen molar-refractivity contribution in [2.75, 3.05) is 7.05 Å². The van der Waals surface area contributed by atoms with Crippen LogP contribution in [-0.2, 0) is 19.6 Å². The van der Waals surface area contributed by atoms with Gasteiger partial charge in [0.1, 0.15) is 0 Å². The molecule has 2 heterocycles. The van der Waals surface area contributed by atoms with Crippen molar-refractivity contribution in [3.05, 3.63) is 50.8 Å². The summed E-state index contributed by atoms with van der Waals surface area (Å²) in [4.78, 5) is 6.96. The Morgan fingerprint density at radius 3 is 2.71 bits per heavy atom. The number of rotatable bonds is 2. The summed E-state index contributed by atoms with van der Waals surface area (Å²) in [5.41, 5.74) is 12.5. The highest BCUT2D eigenvalue weighted by Gasteiger charge is 2.25. The molecule has 0 spiro atoms. The first-order valence-corrected chi connectivity index (χ1v) is 7.62. The standard InChI is InChI=1S/C16H17Cl2N3/c1-9-12(6-19)16(11-4-3-10(17)5-14(11)18)13-7-21(2)8-15(13)20-9/h3-5H,6-8,19H2,1-2H3. The van der Waals surface area contributed by atoms with E-state index in [0.29, 0.717) is 16.6 Å². The van der Waals surface area contributed by atoms with Crippen LogP contribution in [0.3, 0.4) is 0 Å². The van der Waals surface area contributed by atoms with Gasteiger partial charge in [0.2, 0.25) is 0 Å². The molecule has 0 aliphatic carbocycles. The number of nitrogens with two attached hydrogens (primary N) is 1. The van der Waals surface area contributed by atoms with Crippen LogP contribution in [-0.4, -0.2) is 16.9 Å². The minimum absolute atomic E-state index is 0.449. The summed E-state index contributed by atoms with van der Waals surface area (Å²) in [7, 11) is 2.09. The van der Waals surface area contributed by atoms with Crippen molar-refractivity contribution in [3.8, 4) is 11.1 Å². The minimum atomic E-state index is 0.449. The number of fused-ring (bicyclic) bond motifs is 1. The molecule has 1 aromatic carbocycles. The van der Waals surface area contributed by atoms with Crippen LogP contribution in [0.1, 0.15) is 22.5 Å². The molecule has 3 nitrogen and oxygen atoms in total. The van der Waals surface area contributed by atoms with Crippen molar-refractivity contribution >= 4 is 23.2 Å². The summed E-state index contributed by atoms with van der Waals surface area (Å²) in [6.45, 7) is 4.18. The lowest BCUT2D eigenvalue weighted by Crippen LogP contribution is -2.08. The van der Waals surface area contributed by atoms with Gasteiger partial charge < -0.3 is 5.73 Å². The Labute approximate surface area is 134 Å². The number of pyridine rings is 1. The third kappa shape index (κ3) is 2.55. The van der Waals surface area contributed by atoms with E-state index in [1.807, 2.05) is 19.1 Å². The van der Waals surface area contributed by atoms with Gasteiger partial charge in [-0.25, -0.2) is 0 Å². The van der Waals surface area contributed by atoms with E-state index < -0.39 is 0 Å². The highest BCUT2D eigenvalue weighted by Crippen LogP contribution is 2.39. The zero-order valence-electron chi connectivity index (χ0n) is 12.1. The average molecular weight is 322 g/mol.